The molecule has 1 saturated heterocycles. The normalized spacial score (nSPS) is 18.4. The number of pyridine rings is 2. The molecule has 2 saturated carbocycles. The van der Waals surface area contributed by atoms with E-state index in [2.05, 4.69) is 44.0 Å². The number of nitrogens with zero attached hydrogens (tertiary/aromatic N) is 5. The number of fused-ring (bicyclic) bond motifs is 1. The van der Waals surface area contributed by atoms with Gasteiger partial charge in [0.1, 0.15) is 11.3 Å². The zero-order valence-corrected chi connectivity index (χ0v) is 26.8. The lowest BCUT2D eigenvalue weighted by atomic mass is 9.86. The van der Waals surface area contributed by atoms with E-state index in [4.69, 9.17) is 14.7 Å². The lowest BCUT2D eigenvalue weighted by molar-refractivity contribution is -0.138. The highest BCUT2D eigenvalue weighted by atomic mass is 19.4. The molecular weight excluding hydrogens is 589 g/mol. The summed E-state index contributed by atoms with van der Waals surface area (Å²) in [5.41, 5.74) is 4.50. The Labute approximate surface area is 268 Å². The van der Waals surface area contributed by atoms with Crippen LogP contribution in [0.15, 0.2) is 42.6 Å². The molecule has 244 valence electrons. The van der Waals surface area contributed by atoms with E-state index >= 15 is 0 Å². The van der Waals surface area contributed by atoms with Gasteiger partial charge in [-0.25, -0.2) is 9.97 Å². The summed E-state index contributed by atoms with van der Waals surface area (Å²) >= 11 is 0. The molecule has 1 N–H and O–H groups in total. The van der Waals surface area contributed by atoms with Crippen molar-refractivity contribution >= 4 is 22.5 Å². The Bertz CT molecular complexity index is 1670. The highest BCUT2D eigenvalue weighted by Gasteiger charge is 2.40. The number of benzene rings is 1. The number of piperidine rings is 1. The quantitative estimate of drug-likeness (QED) is 0.189. The summed E-state index contributed by atoms with van der Waals surface area (Å²) in [7, 11) is 2.05. The summed E-state index contributed by atoms with van der Waals surface area (Å²) in [4.78, 5) is 22.2. The molecule has 7 nitrogen and oxygen atoms in total. The minimum atomic E-state index is -4.49. The number of H-pyrrole nitrogens is 1. The summed E-state index contributed by atoms with van der Waals surface area (Å²) in [5.74, 6) is 0.563. The molecule has 7 rings (SSSR count). The van der Waals surface area contributed by atoms with Crippen molar-refractivity contribution in [3.63, 3.8) is 0 Å². The Morgan fingerprint density at radius 1 is 0.978 bits per heavy atom. The van der Waals surface area contributed by atoms with Crippen LogP contribution in [0.4, 0.5) is 24.5 Å². The molecule has 0 atom stereocenters. The Morgan fingerprint density at radius 3 is 2.39 bits per heavy atom. The van der Waals surface area contributed by atoms with Crippen LogP contribution in [0.2, 0.25) is 0 Å². The summed E-state index contributed by atoms with van der Waals surface area (Å²) in [6.07, 6.45) is 6.74. The molecular formula is C36H43F3N6O. The van der Waals surface area contributed by atoms with Gasteiger partial charge in [0.25, 0.3) is 0 Å². The zero-order valence-electron chi connectivity index (χ0n) is 26.8. The fraction of sp³-hybridized carbons (Fsp3) is 0.528. The van der Waals surface area contributed by atoms with Gasteiger partial charge in [0.05, 0.1) is 29.2 Å². The number of aromatic amines is 1. The Kier molecular flexibility index (Phi) is 8.42. The third-order valence-corrected chi connectivity index (χ3v) is 10.0. The molecule has 3 aliphatic rings. The minimum Gasteiger partial charge on any atom is -0.381 e. The lowest BCUT2D eigenvalue weighted by Crippen LogP contribution is -2.37. The van der Waals surface area contributed by atoms with Gasteiger partial charge in [-0.2, -0.15) is 13.2 Å². The van der Waals surface area contributed by atoms with Crippen molar-refractivity contribution in [2.45, 2.75) is 76.8 Å². The third kappa shape index (κ3) is 6.33. The number of nitrogens with one attached hydrogen (secondary N) is 1. The number of imidazole rings is 1. The Hall–Kier alpha value is -3.66. The molecule has 0 radical (unpaired) electrons. The van der Waals surface area contributed by atoms with Crippen LogP contribution in [0.25, 0.3) is 33.8 Å². The maximum absolute atomic E-state index is 14.2. The fourth-order valence-corrected chi connectivity index (χ4v) is 7.44. The van der Waals surface area contributed by atoms with Crippen molar-refractivity contribution in [2.24, 2.45) is 5.41 Å². The maximum atomic E-state index is 14.2. The fourth-order valence-electron chi connectivity index (χ4n) is 7.44. The Balaban J connectivity index is 1.29. The molecule has 4 heterocycles. The molecule has 1 aromatic carbocycles. The van der Waals surface area contributed by atoms with E-state index in [0.29, 0.717) is 35.9 Å². The second-order valence-electron chi connectivity index (χ2n) is 13.5. The van der Waals surface area contributed by atoms with Gasteiger partial charge in [-0.3, -0.25) is 4.98 Å². The molecule has 1 aliphatic heterocycles. The van der Waals surface area contributed by atoms with Crippen molar-refractivity contribution < 1.29 is 17.9 Å². The molecule has 0 bridgehead atoms. The number of aromatic nitrogens is 4. The van der Waals surface area contributed by atoms with Crippen molar-refractivity contribution in [2.75, 3.05) is 49.7 Å². The molecule has 3 aromatic heterocycles. The number of hydrogen-bond acceptors (Lipinski definition) is 6. The van der Waals surface area contributed by atoms with Gasteiger partial charge >= 0.3 is 6.18 Å². The average Bonchev–Trinajstić information content (AvgIpc) is 3.66. The Morgan fingerprint density at radius 2 is 1.72 bits per heavy atom. The molecule has 0 unspecified atom stereocenters. The van der Waals surface area contributed by atoms with Gasteiger partial charge in [-0.15, -0.1) is 0 Å². The first-order valence-electron chi connectivity index (χ1n) is 16.9. The molecule has 0 amide bonds. The summed E-state index contributed by atoms with van der Waals surface area (Å²) in [6, 6.07) is 11.6. The van der Waals surface area contributed by atoms with Gasteiger partial charge in [0.15, 0.2) is 5.65 Å². The summed E-state index contributed by atoms with van der Waals surface area (Å²) in [5, 5.41) is 0. The third-order valence-electron chi connectivity index (χ3n) is 10.0. The van der Waals surface area contributed by atoms with Crippen molar-refractivity contribution in [1.29, 1.82) is 0 Å². The van der Waals surface area contributed by atoms with E-state index < -0.39 is 11.7 Å². The monoisotopic (exact) mass is 632 g/mol. The minimum absolute atomic E-state index is 0.0184. The van der Waals surface area contributed by atoms with E-state index in [9.17, 15) is 13.2 Å². The van der Waals surface area contributed by atoms with Crippen LogP contribution < -0.4 is 9.80 Å². The first kappa shape index (κ1) is 31.0. The van der Waals surface area contributed by atoms with Gasteiger partial charge < -0.3 is 19.5 Å². The van der Waals surface area contributed by atoms with E-state index in [1.165, 1.54) is 43.9 Å². The van der Waals surface area contributed by atoms with E-state index in [1.807, 2.05) is 20.0 Å². The van der Waals surface area contributed by atoms with Crippen LogP contribution in [-0.4, -0.2) is 59.8 Å². The number of rotatable bonds is 10. The molecule has 3 fully saturated rings. The largest absolute Gasteiger partial charge is 0.418 e. The van der Waals surface area contributed by atoms with Gasteiger partial charge in [0.2, 0.25) is 0 Å². The number of halogens is 3. The smallest absolute Gasteiger partial charge is 0.381 e. The van der Waals surface area contributed by atoms with E-state index in [-0.39, 0.29) is 17.0 Å². The zero-order chi connectivity index (χ0) is 31.9. The van der Waals surface area contributed by atoms with Gasteiger partial charge in [0, 0.05) is 67.6 Å². The van der Waals surface area contributed by atoms with E-state index in [1.54, 1.807) is 6.20 Å². The predicted octanol–water partition coefficient (Wildman–Crippen LogP) is 8.61. The van der Waals surface area contributed by atoms with Gasteiger partial charge in [-0.05, 0) is 88.3 Å². The second-order valence-corrected chi connectivity index (χ2v) is 13.5. The number of ether oxygens (including phenoxy) is 1. The summed E-state index contributed by atoms with van der Waals surface area (Å²) < 4.78 is 48.6. The highest BCUT2D eigenvalue weighted by molar-refractivity contribution is 5.91. The maximum Gasteiger partial charge on any atom is 0.418 e. The van der Waals surface area contributed by atoms with Crippen LogP contribution in [0.1, 0.15) is 81.9 Å². The highest BCUT2D eigenvalue weighted by Crippen LogP contribution is 2.46. The number of hydrogen-bond donors (Lipinski definition) is 1. The van der Waals surface area contributed by atoms with Crippen molar-refractivity contribution in [3.8, 4) is 22.6 Å². The number of anilines is 2. The first-order valence-corrected chi connectivity index (χ1v) is 16.9. The predicted molar refractivity (Wildman–Crippen MR) is 176 cm³/mol. The number of alkyl halides is 3. The first-order chi connectivity index (χ1) is 22.2. The molecule has 10 heteroatoms. The van der Waals surface area contributed by atoms with Crippen LogP contribution >= 0.6 is 0 Å². The molecule has 4 aromatic rings. The SMILES string of the molecule is CCOCC1(CN(C)c2cc(-c3cnc(C4CC4)c(C(F)(F)F)c3)nc3nc(-c4ccc(N5CCCCC5)cc4)[nH]c23)CCCC1. The van der Waals surface area contributed by atoms with Crippen LogP contribution in [0, 0.1) is 5.41 Å². The van der Waals surface area contributed by atoms with Crippen LogP contribution in [0.3, 0.4) is 0 Å². The van der Waals surface area contributed by atoms with Gasteiger partial charge in [-0.1, -0.05) is 12.8 Å². The van der Waals surface area contributed by atoms with Crippen LogP contribution in [0.5, 0.6) is 0 Å². The standard InChI is InChI=1S/C36H43F3N6O/c1-3-46-23-35(15-5-6-16-35)22-44(2)30-20-29(26-19-28(36(37,38)39)31(40-21-26)24-9-10-24)41-34-32(30)42-33(43-34)25-11-13-27(14-12-25)45-17-7-4-8-18-45/h11-14,19-21,24H,3-10,15-18,22-23H2,1-2H3,(H,41,42,43). The van der Waals surface area contributed by atoms with Crippen LogP contribution in [-0.2, 0) is 10.9 Å². The van der Waals surface area contributed by atoms with E-state index in [0.717, 1.165) is 62.1 Å². The summed E-state index contributed by atoms with van der Waals surface area (Å²) in [6.45, 7) is 6.29. The molecule has 2 aliphatic carbocycles. The molecule has 46 heavy (non-hydrogen) atoms. The lowest BCUT2D eigenvalue weighted by Gasteiger charge is -2.34. The second kappa shape index (κ2) is 12.5. The average molecular weight is 633 g/mol. The van der Waals surface area contributed by atoms with Crippen molar-refractivity contribution in [3.05, 3.63) is 53.9 Å². The van der Waals surface area contributed by atoms with Crippen molar-refractivity contribution in [1.82, 2.24) is 19.9 Å². The molecule has 0 spiro atoms. The topological polar surface area (TPSA) is 70.2 Å².